The third-order valence-electron chi connectivity index (χ3n) is 4.36. The van der Waals surface area contributed by atoms with Crippen LogP contribution in [0.4, 0.5) is 0 Å². The highest BCUT2D eigenvalue weighted by Gasteiger charge is 2.14. The number of fused-ring (bicyclic) bond motifs is 1. The Morgan fingerprint density at radius 2 is 2.04 bits per heavy atom. The van der Waals surface area contributed by atoms with Crippen LogP contribution in [0.1, 0.15) is 11.3 Å². The molecule has 1 saturated heterocycles. The Morgan fingerprint density at radius 1 is 1.15 bits per heavy atom. The molecular weight excluding hydrogens is 332 g/mol. The molecular formula is C20H20N2O4. The van der Waals surface area contributed by atoms with E-state index < -0.39 is 0 Å². The summed E-state index contributed by atoms with van der Waals surface area (Å²) in [6.07, 6.45) is 3.49. The molecule has 1 aliphatic heterocycles. The van der Waals surface area contributed by atoms with E-state index in [1.54, 1.807) is 36.7 Å². The predicted molar refractivity (Wildman–Crippen MR) is 97.1 cm³/mol. The van der Waals surface area contributed by atoms with Crippen molar-refractivity contribution in [1.82, 2.24) is 9.88 Å². The number of pyridine rings is 1. The molecule has 1 aromatic carbocycles. The number of nitrogens with zero attached hydrogens (tertiary/aromatic N) is 2. The molecule has 0 atom stereocenters. The molecule has 6 nitrogen and oxygen atoms in total. The molecule has 1 aliphatic rings. The highest BCUT2D eigenvalue weighted by Crippen LogP contribution is 2.21. The molecule has 6 heteroatoms. The Hall–Kier alpha value is -2.70. The highest BCUT2D eigenvalue weighted by molar-refractivity contribution is 5.77. The van der Waals surface area contributed by atoms with Gasteiger partial charge in [0.2, 0.25) is 0 Å². The van der Waals surface area contributed by atoms with Gasteiger partial charge in [-0.2, -0.15) is 0 Å². The standard InChI is InChI=1S/C20H20N2O4/c23-19-10-17(13-22-6-8-24-9-7-22)26-20-11-16(3-4-18(19)20)25-14-15-2-1-5-21-12-15/h1-5,10-12H,6-9,13-14H2. The topological polar surface area (TPSA) is 64.8 Å². The van der Waals surface area contributed by atoms with Gasteiger partial charge in [-0.3, -0.25) is 14.7 Å². The summed E-state index contributed by atoms with van der Waals surface area (Å²) in [6, 6.07) is 10.7. The van der Waals surface area contributed by atoms with Crippen LogP contribution in [0.2, 0.25) is 0 Å². The maximum atomic E-state index is 12.4. The van der Waals surface area contributed by atoms with E-state index in [9.17, 15) is 4.79 Å². The van der Waals surface area contributed by atoms with Crippen LogP contribution in [0, 0.1) is 0 Å². The van der Waals surface area contributed by atoms with Crippen molar-refractivity contribution >= 4 is 11.0 Å². The van der Waals surface area contributed by atoms with Gasteiger partial charge in [-0.25, -0.2) is 0 Å². The quantitative estimate of drug-likeness (QED) is 0.703. The molecule has 0 unspecified atom stereocenters. The van der Waals surface area contributed by atoms with Crippen molar-refractivity contribution in [2.24, 2.45) is 0 Å². The van der Waals surface area contributed by atoms with Gasteiger partial charge in [0.15, 0.2) is 5.43 Å². The second kappa shape index (κ2) is 7.68. The minimum absolute atomic E-state index is 0.0340. The van der Waals surface area contributed by atoms with Gasteiger partial charge in [-0.1, -0.05) is 6.07 Å². The number of hydrogen-bond donors (Lipinski definition) is 0. The van der Waals surface area contributed by atoms with Crippen LogP contribution in [0.15, 0.2) is 58.0 Å². The Bertz CT molecular complexity index is 933. The summed E-state index contributed by atoms with van der Waals surface area (Å²) in [5.74, 6) is 1.32. The largest absolute Gasteiger partial charge is 0.489 e. The fourth-order valence-corrected chi connectivity index (χ4v) is 2.98. The Balaban J connectivity index is 1.54. The van der Waals surface area contributed by atoms with Gasteiger partial charge < -0.3 is 13.9 Å². The number of morpholine rings is 1. The molecule has 4 rings (SSSR count). The first-order valence-corrected chi connectivity index (χ1v) is 8.66. The van der Waals surface area contributed by atoms with Gasteiger partial charge >= 0.3 is 0 Å². The molecule has 0 N–H and O–H groups in total. The van der Waals surface area contributed by atoms with Gasteiger partial charge in [0.25, 0.3) is 0 Å². The molecule has 0 amide bonds. The van der Waals surface area contributed by atoms with Crippen LogP contribution in [-0.4, -0.2) is 36.2 Å². The number of ether oxygens (including phenoxy) is 2. The van der Waals surface area contributed by atoms with Crippen molar-refractivity contribution in [3.05, 3.63) is 70.3 Å². The van der Waals surface area contributed by atoms with E-state index in [0.717, 1.165) is 18.7 Å². The van der Waals surface area contributed by atoms with Gasteiger partial charge in [0, 0.05) is 43.2 Å². The molecule has 2 aromatic heterocycles. The summed E-state index contributed by atoms with van der Waals surface area (Å²) >= 11 is 0. The van der Waals surface area contributed by atoms with Crippen LogP contribution < -0.4 is 10.2 Å². The molecule has 134 valence electrons. The second-order valence-electron chi connectivity index (χ2n) is 6.27. The SMILES string of the molecule is O=c1cc(CN2CCOCC2)oc2cc(OCc3cccnc3)ccc12. The minimum Gasteiger partial charge on any atom is -0.489 e. The zero-order valence-corrected chi connectivity index (χ0v) is 14.4. The van der Waals surface area contributed by atoms with Crippen LogP contribution in [-0.2, 0) is 17.9 Å². The van der Waals surface area contributed by atoms with Crippen LogP contribution in [0.25, 0.3) is 11.0 Å². The van der Waals surface area contributed by atoms with Crippen molar-refractivity contribution < 1.29 is 13.9 Å². The number of aromatic nitrogens is 1. The molecule has 3 aromatic rings. The molecule has 1 fully saturated rings. The molecule has 0 bridgehead atoms. The lowest BCUT2D eigenvalue weighted by Gasteiger charge is -2.25. The lowest BCUT2D eigenvalue weighted by atomic mass is 10.2. The lowest BCUT2D eigenvalue weighted by Crippen LogP contribution is -2.35. The normalized spacial score (nSPS) is 15.2. The maximum absolute atomic E-state index is 12.4. The predicted octanol–water partition coefficient (Wildman–Crippen LogP) is 2.60. The maximum Gasteiger partial charge on any atom is 0.193 e. The van der Waals surface area contributed by atoms with E-state index in [1.807, 2.05) is 12.1 Å². The summed E-state index contributed by atoms with van der Waals surface area (Å²) in [6.45, 7) is 4.13. The third-order valence-corrected chi connectivity index (χ3v) is 4.36. The van der Waals surface area contributed by atoms with E-state index in [1.165, 1.54) is 0 Å². The summed E-state index contributed by atoms with van der Waals surface area (Å²) in [4.78, 5) is 18.7. The minimum atomic E-state index is -0.0340. The highest BCUT2D eigenvalue weighted by atomic mass is 16.5. The van der Waals surface area contributed by atoms with E-state index >= 15 is 0 Å². The third kappa shape index (κ3) is 3.92. The van der Waals surface area contributed by atoms with E-state index in [0.29, 0.717) is 48.8 Å². The van der Waals surface area contributed by atoms with Gasteiger partial charge in [-0.05, 0) is 18.2 Å². The second-order valence-corrected chi connectivity index (χ2v) is 6.27. The Morgan fingerprint density at radius 3 is 2.85 bits per heavy atom. The fraction of sp³-hybridized carbons (Fsp3) is 0.300. The Kier molecular flexibility index (Phi) is 4.95. The van der Waals surface area contributed by atoms with Crippen LogP contribution in [0.5, 0.6) is 5.75 Å². The first-order chi connectivity index (χ1) is 12.8. The molecule has 0 aliphatic carbocycles. The molecule has 0 spiro atoms. The molecule has 26 heavy (non-hydrogen) atoms. The van der Waals surface area contributed by atoms with Crippen LogP contribution in [0.3, 0.4) is 0 Å². The number of rotatable bonds is 5. The first-order valence-electron chi connectivity index (χ1n) is 8.66. The molecule has 0 radical (unpaired) electrons. The summed E-state index contributed by atoms with van der Waals surface area (Å²) < 4.78 is 17.1. The average Bonchev–Trinajstić information content (AvgIpc) is 2.68. The average molecular weight is 352 g/mol. The van der Waals surface area contributed by atoms with Gasteiger partial charge in [-0.15, -0.1) is 0 Å². The fourth-order valence-electron chi connectivity index (χ4n) is 2.98. The van der Waals surface area contributed by atoms with Crippen molar-refractivity contribution in [2.75, 3.05) is 26.3 Å². The van der Waals surface area contributed by atoms with E-state index in [-0.39, 0.29) is 5.43 Å². The monoisotopic (exact) mass is 352 g/mol. The first kappa shape index (κ1) is 16.8. The van der Waals surface area contributed by atoms with Crippen molar-refractivity contribution in [3.8, 4) is 5.75 Å². The van der Waals surface area contributed by atoms with Crippen molar-refractivity contribution in [2.45, 2.75) is 13.2 Å². The summed E-state index contributed by atoms with van der Waals surface area (Å²) in [5, 5.41) is 0.560. The molecule has 3 heterocycles. The smallest absolute Gasteiger partial charge is 0.193 e. The lowest BCUT2D eigenvalue weighted by molar-refractivity contribution is 0.0314. The van der Waals surface area contributed by atoms with Crippen molar-refractivity contribution in [1.29, 1.82) is 0 Å². The van der Waals surface area contributed by atoms with Crippen molar-refractivity contribution in [3.63, 3.8) is 0 Å². The zero-order valence-electron chi connectivity index (χ0n) is 14.4. The van der Waals surface area contributed by atoms with E-state index in [4.69, 9.17) is 13.9 Å². The number of hydrogen-bond acceptors (Lipinski definition) is 6. The number of benzene rings is 1. The van der Waals surface area contributed by atoms with E-state index in [2.05, 4.69) is 9.88 Å². The van der Waals surface area contributed by atoms with Gasteiger partial charge in [0.05, 0.1) is 25.1 Å². The summed E-state index contributed by atoms with van der Waals surface area (Å²) in [5.41, 5.74) is 1.49. The van der Waals surface area contributed by atoms with Crippen LogP contribution >= 0.6 is 0 Å². The zero-order chi connectivity index (χ0) is 17.8. The van der Waals surface area contributed by atoms with Gasteiger partial charge in [0.1, 0.15) is 23.7 Å². The molecule has 0 saturated carbocycles. The Labute approximate surface area is 151 Å². The summed E-state index contributed by atoms with van der Waals surface area (Å²) in [7, 11) is 0.